The first-order valence-corrected chi connectivity index (χ1v) is 9.44. The first-order valence-electron chi connectivity index (χ1n) is 9.44. The molecule has 0 amide bonds. The summed E-state index contributed by atoms with van der Waals surface area (Å²) in [5.41, 5.74) is 6.07. The smallest absolute Gasteiger partial charge is 0.123 e. The summed E-state index contributed by atoms with van der Waals surface area (Å²) >= 11 is 0. The van der Waals surface area contributed by atoms with E-state index >= 15 is 0 Å². The van der Waals surface area contributed by atoms with E-state index in [4.69, 9.17) is 0 Å². The van der Waals surface area contributed by atoms with Crippen LogP contribution in [0.4, 0.5) is 10.1 Å². The topological polar surface area (TPSA) is 40.8 Å². The van der Waals surface area contributed by atoms with Crippen LogP contribution in [0.25, 0.3) is 27.9 Å². The maximum absolute atomic E-state index is 13.2. The number of hydrogen-bond acceptors (Lipinski definition) is 3. The quantitative estimate of drug-likeness (QED) is 0.579. The second kappa shape index (κ2) is 6.77. The van der Waals surface area contributed by atoms with Crippen LogP contribution in [0.3, 0.4) is 0 Å². The lowest BCUT2D eigenvalue weighted by atomic mass is 10.1. The summed E-state index contributed by atoms with van der Waals surface area (Å²) in [6, 6.07) is 21.0. The van der Waals surface area contributed by atoms with Crippen molar-refractivity contribution in [3.63, 3.8) is 0 Å². The number of β-amino-alcohol motifs (C(OH)–C–C–N with tert-alkyl or cyclic N) is 1. The van der Waals surface area contributed by atoms with E-state index in [1.807, 2.05) is 22.8 Å². The summed E-state index contributed by atoms with van der Waals surface area (Å²) in [5.74, 6) is -0.250. The molecule has 1 aliphatic rings. The van der Waals surface area contributed by atoms with E-state index in [2.05, 4.69) is 40.3 Å². The Bertz CT molecular complexity index is 1140. The van der Waals surface area contributed by atoms with Gasteiger partial charge < -0.3 is 10.0 Å². The van der Waals surface area contributed by atoms with Crippen molar-refractivity contribution in [2.45, 2.75) is 12.5 Å². The summed E-state index contributed by atoms with van der Waals surface area (Å²) in [5, 5.41) is 14.4. The van der Waals surface area contributed by atoms with Crippen molar-refractivity contribution in [1.82, 2.24) is 9.61 Å². The van der Waals surface area contributed by atoms with Crippen LogP contribution in [0.5, 0.6) is 0 Å². The molecule has 28 heavy (non-hydrogen) atoms. The van der Waals surface area contributed by atoms with Gasteiger partial charge in [0, 0.05) is 30.5 Å². The number of aliphatic hydroxyl groups is 1. The van der Waals surface area contributed by atoms with E-state index in [1.54, 1.807) is 12.1 Å². The van der Waals surface area contributed by atoms with E-state index in [-0.39, 0.29) is 11.9 Å². The molecule has 3 heterocycles. The lowest BCUT2D eigenvalue weighted by Gasteiger charge is -2.18. The molecule has 0 bridgehead atoms. The zero-order valence-corrected chi connectivity index (χ0v) is 15.3. The molecule has 4 nitrogen and oxygen atoms in total. The highest BCUT2D eigenvalue weighted by molar-refractivity contribution is 5.74. The lowest BCUT2D eigenvalue weighted by Crippen LogP contribution is -2.20. The van der Waals surface area contributed by atoms with Crippen LogP contribution >= 0.6 is 0 Å². The second-order valence-electron chi connectivity index (χ2n) is 7.26. The molecule has 0 aliphatic carbocycles. The number of benzene rings is 2. The normalized spacial score (nSPS) is 16.8. The van der Waals surface area contributed by atoms with E-state index in [0.717, 1.165) is 46.6 Å². The third-order valence-electron chi connectivity index (χ3n) is 5.31. The number of halogens is 1. The van der Waals surface area contributed by atoms with Crippen molar-refractivity contribution in [3.05, 3.63) is 78.7 Å². The number of nitrogens with zero attached hydrogens (tertiary/aromatic N) is 3. The molecule has 1 unspecified atom stereocenters. The van der Waals surface area contributed by atoms with Crippen LogP contribution in [0, 0.1) is 5.82 Å². The van der Waals surface area contributed by atoms with Gasteiger partial charge in [-0.2, -0.15) is 5.10 Å². The van der Waals surface area contributed by atoms with Crippen LogP contribution in [-0.4, -0.2) is 33.9 Å². The van der Waals surface area contributed by atoms with Crippen LogP contribution in [0.2, 0.25) is 0 Å². The van der Waals surface area contributed by atoms with Gasteiger partial charge in [0.25, 0.3) is 0 Å². The molecular weight excluding hydrogens is 353 g/mol. The van der Waals surface area contributed by atoms with E-state index in [9.17, 15) is 9.50 Å². The Kier molecular flexibility index (Phi) is 4.10. The summed E-state index contributed by atoms with van der Waals surface area (Å²) in [4.78, 5) is 2.22. The van der Waals surface area contributed by atoms with Gasteiger partial charge in [-0.15, -0.1) is 0 Å². The summed E-state index contributed by atoms with van der Waals surface area (Å²) in [6.45, 7) is 1.57. The third-order valence-corrected chi connectivity index (χ3v) is 5.31. The highest BCUT2D eigenvalue weighted by Gasteiger charge is 2.20. The van der Waals surface area contributed by atoms with Gasteiger partial charge in [0.15, 0.2) is 0 Å². The highest BCUT2D eigenvalue weighted by atomic mass is 19.1. The monoisotopic (exact) mass is 373 g/mol. The van der Waals surface area contributed by atoms with E-state index < -0.39 is 0 Å². The molecule has 1 N–H and O–H groups in total. The molecule has 2 aromatic heterocycles. The average molecular weight is 373 g/mol. The minimum atomic E-state index is -0.250. The number of aromatic nitrogens is 2. The zero-order valence-electron chi connectivity index (χ0n) is 15.3. The summed E-state index contributed by atoms with van der Waals surface area (Å²) in [7, 11) is 0. The Hall–Kier alpha value is -3.18. The van der Waals surface area contributed by atoms with Gasteiger partial charge in [-0.1, -0.05) is 12.1 Å². The standard InChI is InChI=1S/C23H20FN3O/c24-19-6-4-16(5-7-19)23-14-21-13-18(8-11-27(21)25-23)17-2-1-3-20(12-17)26-10-9-22(28)15-26/h1-8,11-14,22,28H,9-10,15H2. The van der Waals surface area contributed by atoms with Gasteiger partial charge in [0.1, 0.15) is 5.82 Å². The van der Waals surface area contributed by atoms with E-state index in [1.165, 1.54) is 12.1 Å². The van der Waals surface area contributed by atoms with Crippen molar-refractivity contribution in [2.75, 3.05) is 18.0 Å². The van der Waals surface area contributed by atoms with Gasteiger partial charge in [0.05, 0.1) is 17.3 Å². The van der Waals surface area contributed by atoms with Crippen molar-refractivity contribution in [1.29, 1.82) is 0 Å². The first-order chi connectivity index (χ1) is 13.7. The minimum Gasteiger partial charge on any atom is -0.391 e. The fraction of sp³-hybridized carbons (Fsp3) is 0.174. The molecule has 140 valence electrons. The Labute approximate surface area is 162 Å². The minimum absolute atomic E-state index is 0.239. The average Bonchev–Trinajstić information content (AvgIpc) is 3.34. The van der Waals surface area contributed by atoms with Gasteiger partial charge in [-0.25, -0.2) is 8.91 Å². The molecule has 4 aromatic rings. The maximum Gasteiger partial charge on any atom is 0.123 e. The molecule has 0 spiro atoms. The highest BCUT2D eigenvalue weighted by Crippen LogP contribution is 2.29. The second-order valence-corrected chi connectivity index (χ2v) is 7.26. The molecule has 2 aromatic carbocycles. The number of aliphatic hydroxyl groups excluding tert-OH is 1. The fourth-order valence-corrected chi connectivity index (χ4v) is 3.79. The van der Waals surface area contributed by atoms with Crippen molar-refractivity contribution in [2.24, 2.45) is 0 Å². The molecular formula is C23H20FN3O. The van der Waals surface area contributed by atoms with Crippen molar-refractivity contribution in [3.8, 4) is 22.4 Å². The van der Waals surface area contributed by atoms with Crippen LogP contribution in [0.15, 0.2) is 72.9 Å². The zero-order chi connectivity index (χ0) is 19.1. The Morgan fingerprint density at radius 3 is 2.54 bits per heavy atom. The lowest BCUT2D eigenvalue weighted by molar-refractivity contribution is 0.198. The van der Waals surface area contributed by atoms with Gasteiger partial charge in [-0.05, 0) is 72.1 Å². The van der Waals surface area contributed by atoms with Crippen molar-refractivity contribution >= 4 is 11.2 Å². The van der Waals surface area contributed by atoms with E-state index in [0.29, 0.717) is 6.54 Å². The molecule has 0 saturated carbocycles. The van der Waals surface area contributed by atoms with Crippen molar-refractivity contribution < 1.29 is 9.50 Å². The number of rotatable bonds is 3. The summed E-state index contributed by atoms with van der Waals surface area (Å²) in [6.07, 6.45) is 2.53. The number of fused-ring (bicyclic) bond motifs is 1. The SMILES string of the molecule is OC1CCN(c2cccc(-c3ccn4nc(-c5ccc(F)cc5)cc4c3)c2)C1. The molecule has 0 radical (unpaired) electrons. The van der Waals surface area contributed by atoms with Gasteiger partial charge in [-0.3, -0.25) is 0 Å². The predicted octanol–water partition coefficient (Wildman–Crippen LogP) is 4.38. The number of pyridine rings is 1. The van der Waals surface area contributed by atoms with Crippen LogP contribution in [0.1, 0.15) is 6.42 Å². The predicted molar refractivity (Wildman–Crippen MR) is 109 cm³/mol. The van der Waals surface area contributed by atoms with Crippen LogP contribution < -0.4 is 4.90 Å². The van der Waals surface area contributed by atoms with Gasteiger partial charge >= 0.3 is 0 Å². The Morgan fingerprint density at radius 1 is 0.929 bits per heavy atom. The number of anilines is 1. The Balaban J connectivity index is 1.49. The molecule has 1 atom stereocenters. The fourth-order valence-electron chi connectivity index (χ4n) is 3.79. The summed E-state index contributed by atoms with van der Waals surface area (Å²) < 4.78 is 15.0. The van der Waals surface area contributed by atoms with Gasteiger partial charge in [0.2, 0.25) is 0 Å². The molecule has 1 aliphatic heterocycles. The number of hydrogen-bond donors (Lipinski definition) is 1. The molecule has 5 rings (SSSR count). The molecule has 1 saturated heterocycles. The molecule has 5 heteroatoms. The first kappa shape index (κ1) is 17.0. The molecule has 1 fully saturated rings. The largest absolute Gasteiger partial charge is 0.391 e. The third kappa shape index (κ3) is 3.14. The maximum atomic E-state index is 13.2. The van der Waals surface area contributed by atoms with Crippen LogP contribution in [-0.2, 0) is 0 Å². The Morgan fingerprint density at radius 2 is 1.75 bits per heavy atom.